The second-order valence-electron chi connectivity index (χ2n) is 4.67. The molecule has 1 heterocycles. The minimum atomic E-state index is -4.03. The van der Waals surface area contributed by atoms with Crippen LogP contribution in [-0.2, 0) is 0 Å². The van der Waals surface area contributed by atoms with Gasteiger partial charge in [0.2, 0.25) is 0 Å². The molecule has 0 aromatic rings. The van der Waals surface area contributed by atoms with Gasteiger partial charge in [-0.05, 0) is 51.9 Å². The Kier molecular flexibility index (Phi) is 5.55. The van der Waals surface area contributed by atoms with Crippen molar-refractivity contribution < 1.29 is 13.2 Å². The average Bonchev–Trinajstić information content (AvgIpc) is 2.24. The molecule has 0 bridgehead atoms. The Morgan fingerprint density at radius 1 is 1.31 bits per heavy atom. The van der Waals surface area contributed by atoms with E-state index in [1.807, 2.05) is 0 Å². The fourth-order valence-electron chi connectivity index (χ4n) is 2.00. The third-order valence-corrected chi connectivity index (χ3v) is 3.10. The molecule has 0 amide bonds. The Morgan fingerprint density at radius 2 is 2.06 bits per heavy atom. The van der Waals surface area contributed by atoms with Gasteiger partial charge in [0.15, 0.2) is 0 Å². The van der Waals surface area contributed by atoms with Crippen LogP contribution in [-0.4, -0.2) is 44.3 Å². The molecule has 96 valence electrons. The Morgan fingerprint density at radius 3 is 2.62 bits per heavy atom. The van der Waals surface area contributed by atoms with E-state index in [0.29, 0.717) is 5.92 Å². The van der Waals surface area contributed by atoms with Gasteiger partial charge >= 0.3 is 6.18 Å². The quantitative estimate of drug-likeness (QED) is 0.790. The maximum Gasteiger partial charge on any atom is 0.390 e. The van der Waals surface area contributed by atoms with Gasteiger partial charge in [0, 0.05) is 6.54 Å². The lowest BCUT2D eigenvalue weighted by atomic mass is 9.96. The van der Waals surface area contributed by atoms with Gasteiger partial charge in [0.1, 0.15) is 0 Å². The Hall–Kier alpha value is -0.290. The van der Waals surface area contributed by atoms with E-state index in [2.05, 4.69) is 5.32 Å². The Balaban J connectivity index is 2.07. The topological polar surface area (TPSA) is 15.3 Å². The summed E-state index contributed by atoms with van der Waals surface area (Å²) < 4.78 is 35.9. The molecular formula is C11H21F3N2. The van der Waals surface area contributed by atoms with Gasteiger partial charge in [-0.1, -0.05) is 0 Å². The lowest BCUT2D eigenvalue weighted by Gasteiger charge is -2.25. The van der Waals surface area contributed by atoms with E-state index >= 15 is 0 Å². The van der Waals surface area contributed by atoms with Crippen LogP contribution in [0.2, 0.25) is 0 Å². The first kappa shape index (κ1) is 13.8. The van der Waals surface area contributed by atoms with Crippen LogP contribution in [0.1, 0.15) is 25.7 Å². The molecule has 1 unspecified atom stereocenters. The molecule has 1 atom stereocenters. The predicted octanol–water partition coefficient (Wildman–Crippen LogP) is 2.26. The minimum Gasteiger partial charge on any atom is -0.316 e. The molecule has 1 rings (SSSR count). The molecule has 5 heteroatoms. The molecule has 16 heavy (non-hydrogen) atoms. The number of piperidine rings is 1. The van der Waals surface area contributed by atoms with Crippen molar-refractivity contribution in [2.45, 2.75) is 31.9 Å². The van der Waals surface area contributed by atoms with Crippen molar-refractivity contribution in [2.75, 3.05) is 33.2 Å². The zero-order valence-corrected chi connectivity index (χ0v) is 9.82. The molecule has 0 radical (unpaired) electrons. The molecular weight excluding hydrogens is 217 g/mol. The summed E-state index contributed by atoms with van der Waals surface area (Å²) in [5, 5.41) is 3.32. The summed E-state index contributed by atoms with van der Waals surface area (Å²) in [6.45, 7) is 2.99. The van der Waals surface area contributed by atoms with Crippen molar-refractivity contribution in [3.63, 3.8) is 0 Å². The first-order valence-electron chi connectivity index (χ1n) is 5.93. The van der Waals surface area contributed by atoms with E-state index in [1.54, 1.807) is 11.9 Å². The normalized spacial score (nSPS) is 22.7. The number of hydrogen-bond acceptors (Lipinski definition) is 2. The van der Waals surface area contributed by atoms with Crippen molar-refractivity contribution in [3.8, 4) is 0 Å². The van der Waals surface area contributed by atoms with Crippen molar-refractivity contribution in [3.05, 3.63) is 0 Å². The highest BCUT2D eigenvalue weighted by atomic mass is 19.4. The van der Waals surface area contributed by atoms with Crippen LogP contribution < -0.4 is 5.32 Å². The van der Waals surface area contributed by atoms with Gasteiger partial charge in [0.25, 0.3) is 0 Å². The summed E-state index contributed by atoms with van der Waals surface area (Å²) in [7, 11) is 1.77. The third kappa shape index (κ3) is 6.33. The smallest absolute Gasteiger partial charge is 0.316 e. The molecule has 1 fully saturated rings. The summed E-state index contributed by atoms with van der Waals surface area (Å²) in [6.07, 6.45) is -1.33. The third-order valence-electron chi connectivity index (χ3n) is 3.10. The monoisotopic (exact) mass is 238 g/mol. The summed E-state index contributed by atoms with van der Waals surface area (Å²) >= 11 is 0. The molecule has 0 spiro atoms. The van der Waals surface area contributed by atoms with E-state index in [9.17, 15) is 13.2 Å². The van der Waals surface area contributed by atoms with E-state index in [-0.39, 0.29) is 6.54 Å². The molecule has 1 aliphatic heterocycles. The fourth-order valence-corrected chi connectivity index (χ4v) is 2.00. The van der Waals surface area contributed by atoms with Gasteiger partial charge in [-0.2, -0.15) is 13.2 Å². The second-order valence-corrected chi connectivity index (χ2v) is 4.67. The van der Waals surface area contributed by atoms with Crippen LogP contribution in [0.25, 0.3) is 0 Å². The highest BCUT2D eigenvalue weighted by Crippen LogP contribution is 2.20. The number of alkyl halides is 3. The number of nitrogens with zero attached hydrogens (tertiary/aromatic N) is 1. The van der Waals surface area contributed by atoms with Crippen molar-refractivity contribution in [1.29, 1.82) is 0 Å². The van der Waals surface area contributed by atoms with Crippen LogP contribution in [0.5, 0.6) is 0 Å². The van der Waals surface area contributed by atoms with Crippen molar-refractivity contribution >= 4 is 0 Å². The predicted molar refractivity (Wildman–Crippen MR) is 58.4 cm³/mol. The van der Waals surface area contributed by atoms with E-state index < -0.39 is 12.6 Å². The summed E-state index contributed by atoms with van der Waals surface area (Å²) in [6, 6.07) is 0. The molecule has 2 nitrogen and oxygen atoms in total. The highest BCUT2D eigenvalue weighted by molar-refractivity contribution is 4.70. The van der Waals surface area contributed by atoms with Crippen LogP contribution in [0.4, 0.5) is 13.2 Å². The van der Waals surface area contributed by atoms with Gasteiger partial charge in [-0.3, -0.25) is 0 Å². The number of hydrogen-bond donors (Lipinski definition) is 1. The first-order valence-corrected chi connectivity index (χ1v) is 5.93. The van der Waals surface area contributed by atoms with Gasteiger partial charge < -0.3 is 10.2 Å². The Labute approximate surface area is 95.2 Å². The molecule has 1 aliphatic rings. The SMILES string of the molecule is CN(CCC1CCCNC1)CCC(F)(F)F. The van der Waals surface area contributed by atoms with E-state index in [1.165, 1.54) is 12.8 Å². The molecule has 1 N–H and O–H groups in total. The highest BCUT2D eigenvalue weighted by Gasteiger charge is 2.27. The molecule has 1 saturated heterocycles. The standard InChI is InChI=1S/C11H21F3N2/c1-16(8-5-11(12,13)14)7-4-10-3-2-6-15-9-10/h10,15H,2-9H2,1H3. The van der Waals surface area contributed by atoms with Crippen molar-refractivity contribution in [2.24, 2.45) is 5.92 Å². The lowest BCUT2D eigenvalue weighted by Crippen LogP contribution is -2.33. The largest absolute Gasteiger partial charge is 0.390 e. The Bertz CT molecular complexity index is 188. The van der Waals surface area contributed by atoms with E-state index in [0.717, 1.165) is 26.1 Å². The van der Waals surface area contributed by atoms with Crippen LogP contribution in [0, 0.1) is 5.92 Å². The fraction of sp³-hybridized carbons (Fsp3) is 1.00. The number of halogens is 3. The van der Waals surface area contributed by atoms with Gasteiger partial charge in [-0.15, -0.1) is 0 Å². The van der Waals surface area contributed by atoms with Crippen LogP contribution in [0.15, 0.2) is 0 Å². The summed E-state index contributed by atoms with van der Waals surface area (Å²) in [5.74, 6) is 0.641. The molecule has 0 aromatic carbocycles. The average molecular weight is 238 g/mol. The van der Waals surface area contributed by atoms with E-state index in [4.69, 9.17) is 0 Å². The zero-order valence-electron chi connectivity index (χ0n) is 9.82. The lowest BCUT2D eigenvalue weighted by molar-refractivity contribution is -0.137. The number of rotatable bonds is 5. The minimum absolute atomic E-state index is 0.115. The number of nitrogens with one attached hydrogen (secondary N) is 1. The van der Waals surface area contributed by atoms with Crippen molar-refractivity contribution in [1.82, 2.24) is 10.2 Å². The zero-order chi connectivity index (χ0) is 12.0. The second kappa shape index (κ2) is 6.45. The maximum absolute atomic E-state index is 12.0. The van der Waals surface area contributed by atoms with Gasteiger partial charge in [-0.25, -0.2) is 0 Å². The summed E-state index contributed by atoms with van der Waals surface area (Å²) in [4.78, 5) is 1.78. The van der Waals surface area contributed by atoms with Gasteiger partial charge in [0.05, 0.1) is 6.42 Å². The van der Waals surface area contributed by atoms with Crippen LogP contribution in [0.3, 0.4) is 0 Å². The molecule has 0 aromatic heterocycles. The first-order chi connectivity index (χ1) is 7.47. The van der Waals surface area contributed by atoms with Crippen LogP contribution >= 0.6 is 0 Å². The molecule has 0 aliphatic carbocycles. The summed E-state index contributed by atoms with van der Waals surface area (Å²) in [5.41, 5.74) is 0. The molecule has 0 saturated carbocycles. The maximum atomic E-state index is 12.0.